The summed E-state index contributed by atoms with van der Waals surface area (Å²) in [5.41, 5.74) is 3.64. The molecule has 1 fully saturated rings. The van der Waals surface area contributed by atoms with Crippen LogP contribution in [-0.2, 0) is 13.2 Å². The van der Waals surface area contributed by atoms with Gasteiger partial charge in [-0.25, -0.2) is 0 Å². The van der Waals surface area contributed by atoms with Crippen molar-refractivity contribution in [2.24, 2.45) is 0 Å². The lowest BCUT2D eigenvalue weighted by atomic mass is 10.1. The van der Waals surface area contributed by atoms with E-state index in [0.29, 0.717) is 12.6 Å². The first-order valence-corrected chi connectivity index (χ1v) is 7.83. The Kier molecular flexibility index (Phi) is 6.31. The number of benzene rings is 2. The molecule has 1 N–H and O–H groups in total. The van der Waals surface area contributed by atoms with E-state index in [-0.39, 0.29) is 12.4 Å². The predicted molar refractivity (Wildman–Crippen MR) is 95.6 cm³/mol. The second kappa shape index (κ2) is 8.23. The van der Waals surface area contributed by atoms with Gasteiger partial charge in [0.15, 0.2) is 11.5 Å². The summed E-state index contributed by atoms with van der Waals surface area (Å²) in [5, 5.41) is 3.51. The number of hydrogen-bond acceptors (Lipinski definition) is 3. The van der Waals surface area contributed by atoms with Crippen LogP contribution in [0.25, 0.3) is 0 Å². The van der Waals surface area contributed by atoms with Gasteiger partial charge >= 0.3 is 0 Å². The molecule has 0 saturated heterocycles. The van der Waals surface area contributed by atoms with Crippen molar-refractivity contribution in [3.8, 4) is 11.5 Å². The highest BCUT2D eigenvalue weighted by Crippen LogP contribution is 2.29. The minimum Gasteiger partial charge on any atom is -0.493 e. The molecule has 0 heterocycles. The maximum absolute atomic E-state index is 5.92. The largest absolute Gasteiger partial charge is 0.493 e. The second-order valence-electron chi connectivity index (χ2n) is 5.92. The van der Waals surface area contributed by atoms with Crippen LogP contribution in [0.4, 0.5) is 0 Å². The minimum absolute atomic E-state index is 0. The van der Waals surface area contributed by atoms with Crippen LogP contribution >= 0.6 is 12.4 Å². The molecule has 0 radical (unpaired) electrons. The Morgan fingerprint density at radius 3 is 2.57 bits per heavy atom. The lowest BCUT2D eigenvalue weighted by Gasteiger charge is -2.13. The van der Waals surface area contributed by atoms with Gasteiger partial charge in [-0.3, -0.25) is 0 Å². The van der Waals surface area contributed by atoms with Gasteiger partial charge in [-0.1, -0.05) is 35.9 Å². The van der Waals surface area contributed by atoms with Crippen molar-refractivity contribution in [2.45, 2.75) is 39.0 Å². The van der Waals surface area contributed by atoms with Crippen molar-refractivity contribution >= 4 is 12.4 Å². The second-order valence-corrected chi connectivity index (χ2v) is 5.92. The molecular weight excluding hydrogens is 310 g/mol. The Morgan fingerprint density at radius 2 is 1.87 bits per heavy atom. The summed E-state index contributed by atoms with van der Waals surface area (Å²) in [7, 11) is 1.69. The average molecular weight is 334 g/mol. The van der Waals surface area contributed by atoms with E-state index in [4.69, 9.17) is 9.47 Å². The predicted octanol–water partition coefficient (Wildman–Crippen LogP) is 4.26. The van der Waals surface area contributed by atoms with Gasteiger partial charge < -0.3 is 14.8 Å². The Morgan fingerprint density at radius 1 is 1.04 bits per heavy atom. The fraction of sp³-hybridized carbons (Fsp3) is 0.368. The maximum Gasteiger partial charge on any atom is 0.161 e. The monoisotopic (exact) mass is 333 g/mol. The maximum atomic E-state index is 5.92. The molecule has 0 aromatic heterocycles. The highest BCUT2D eigenvalue weighted by Gasteiger charge is 2.20. The van der Waals surface area contributed by atoms with Crippen LogP contribution in [0.15, 0.2) is 42.5 Å². The number of hydrogen-bond donors (Lipinski definition) is 1. The molecule has 3 nitrogen and oxygen atoms in total. The van der Waals surface area contributed by atoms with Crippen molar-refractivity contribution in [3.63, 3.8) is 0 Å². The lowest BCUT2D eigenvalue weighted by Crippen LogP contribution is -2.15. The first-order valence-electron chi connectivity index (χ1n) is 7.83. The molecule has 0 spiro atoms. The van der Waals surface area contributed by atoms with E-state index in [1.807, 2.05) is 6.07 Å². The van der Waals surface area contributed by atoms with Gasteiger partial charge in [-0.2, -0.15) is 0 Å². The Bertz CT molecular complexity index is 641. The van der Waals surface area contributed by atoms with Crippen molar-refractivity contribution in [1.29, 1.82) is 0 Å². The molecular formula is C19H24ClNO2. The van der Waals surface area contributed by atoms with E-state index in [2.05, 4.69) is 48.6 Å². The molecule has 0 aliphatic heterocycles. The number of aryl methyl sites for hydroxylation is 1. The Labute approximate surface area is 144 Å². The summed E-state index contributed by atoms with van der Waals surface area (Å²) in [6.07, 6.45) is 2.60. The molecule has 3 rings (SSSR count). The summed E-state index contributed by atoms with van der Waals surface area (Å²) in [4.78, 5) is 0. The van der Waals surface area contributed by atoms with E-state index in [0.717, 1.165) is 18.0 Å². The first kappa shape index (κ1) is 17.6. The van der Waals surface area contributed by atoms with Gasteiger partial charge in [0, 0.05) is 12.6 Å². The number of rotatable bonds is 7. The molecule has 1 aliphatic carbocycles. The van der Waals surface area contributed by atoms with Gasteiger partial charge in [0.05, 0.1) is 7.11 Å². The zero-order valence-corrected chi connectivity index (χ0v) is 14.5. The lowest BCUT2D eigenvalue weighted by molar-refractivity contribution is 0.284. The molecule has 2 aromatic carbocycles. The topological polar surface area (TPSA) is 30.5 Å². The molecule has 4 heteroatoms. The zero-order chi connectivity index (χ0) is 15.4. The summed E-state index contributed by atoms with van der Waals surface area (Å²) in [6, 6.07) is 15.2. The van der Waals surface area contributed by atoms with E-state index >= 15 is 0 Å². The fourth-order valence-electron chi connectivity index (χ4n) is 2.45. The average Bonchev–Trinajstić information content (AvgIpc) is 3.35. The minimum atomic E-state index is 0. The van der Waals surface area contributed by atoms with E-state index < -0.39 is 0 Å². The van der Waals surface area contributed by atoms with Gasteiger partial charge in [0.25, 0.3) is 0 Å². The van der Waals surface area contributed by atoms with Gasteiger partial charge in [0.2, 0.25) is 0 Å². The van der Waals surface area contributed by atoms with Gasteiger partial charge in [0.1, 0.15) is 6.61 Å². The molecule has 0 atom stereocenters. The quantitative estimate of drug-likeness (QED) is 0.821. The van der Waals surface area contributed by atoms with Crippen molar-refractivity contribution < 1.29 is 9.47 Å². The van der Waals surface area contributed by atoms with E-state index in [1.54, 1.807) is 7.11 Å². The van der Waals surface area contributed by atoms with Crippen LogP contribution in [0.1, 0.15) is 29.5 Å². The van der Waals surface area contributed by atoms with Crippen molar-refractivity contribution in [1.82, 2.24) is 5.32 Å². The normalized spacial score (nSPS) is 13.3. The molecule has 1 saturated carbocycles. The third kappa shape index (κ3) is 5.15. The number of methoxy groups -OCH3 is 1. The highest BCUT2D eigenvalue weighted by molar-refractivity contribution is 5.85. The fourth-order valence-corrected chi connectivity index (χ4v) is 2.45. The number of halogens is 1. The van der Waals surface area contributed by atoms with Crippen LogP contribution < -0.4 is 14.8 Å². The molecule has 23 heavy (non-hydrogen) atoms. The van der Waals surface area contributed by atoms with Crippen LogP contribution in [0, 0.1) is 6.92 Å². The molecule has 0 amide bonds. The van der Waals surface area contributed by atoms with Crippen molar-refractivity contribution in [3.05, 3.63) is 59.2 Å². The zero-order valence-electron chi connectivity index (χ0n) is 13.7. The summed E-state index contributed by atoms with van der Waals surface area (Å²) >= 11 is 0. The van der Waals surface area contributed by atoms with Crippen LogP contribution in [0.2, 0.25) is 0 Å². The summed E-state index contributed by atoms with van der Waals surface area (Å²) in [6.45, 7) is 3.53. The standard InChI is InChI=1S/C19H23NO2.ClH/c1-14-4-3-5-16(10-14)13-22-18-9-6-15(11-19(18)21-2)12-20-17-7-8-17;/h3-6,9-11,17,20H,7-8,12-13H2,1-2H3;1H. The van der Waals surface area contributed by atoms with Gasteiger partial charge in [-0.15, -0.1) is 12.4 Å². The van der Waals surface area contributed by atoms with Crippen molar-refractivity contribution in [2.75, 3.05) is 7.11 Å². The molecule has 1 aliphatic rings. The van der Waals surface area contributed by atoms with Crippen LogP contribution in [0.5, 0.6) is 11.5 Å². The van der Waals surface area contributed by atoms with E-state index in [9.17, 15) is 0 Å². The SMILES string of the molecule is COc1cc(CNC2CC2)ccc1OCc1cccc(C)c1.Cl. The third-order valence-corrected chi connectivity index (χ3v) is 3.88. The first-order chi connectivity index (χ1) is 10.7. The smallest absolute Gasteiger partial charge is 0.161 e. The van der Waals surface area contributed by atoms with E-state index in [1.165, 1.54) is 29.5 Å². The molecule has 124 valence electrons. The Hall–Kier alpha value is -1.71. The summed E-state index contributed by atoms with van der Waals surface area (Å²) in [5.74, 6) is 1.59. The summed E-state index contributed by atoms with van der Waals surface area (Å²) < 4.78 is 11.4. The van der Waals surface area contributed by atoms with Crippen LogP contribution in [0.3, 0.4) is 0 Å². The van der Waals surface area contributed by atoms with Crippen LogP contribution in [-0.4, -0.2) is 13.2 Å². The van der Waals surface area contributed by atoms with Gasteiger partial charge in [-0.05, 0) is 43.0 Å². The molecule has 2 aromatic rings. The number of nitrogens with one attached hydrogen (secondary N) is 1. The number of ether oxygens (including phenoxy) is 2. The third-order valence-electron chi connectivity index (χ3n) is 3.88. The Balaban J connectivity index is 0.00000192. The highest BCUT2D eigenvalue weighted by atomic mass is 35.5. The molecule has 0 unspecified atom stereocenters. The molecule has 0 bridgehead atoms.